The summed E-state index contributed by atoms with van der Waals surface area (Å²) in [5.74, 6) is 0.408. The largest absolute Gasteiger partial charge is 0.495 e. The van der Waals surface area contributed by atoms with Gasteiger partial charge in [0.05, 0.1) is 12.7 Å². The number of nitrogens with one attached hydrogen (secondary N) is 1. The molecule has 2 aromatic rings. The highest BCUT2D eigenvalue weighted by molar-refractivity contribution is 5.89. The number of hydrogen-bond donors (Lipinski definition) is 1. The van der Waals surface area contributed by atoms with Crippen LogP contribution < -0.4 is 10.1 Å². The molecule has 0 aromatic heterocycles. The minimum Gasteiger partial charge on any atom is -0.495 e. The number of nitrogens with zero attached hydrogens (tertiary/aromatic N) is 1. The number of para-hydroxylation sites is 1. The van der Waals surface area contributed by atoms with Crippen LogP contribution in [0, 0.1) is 11.3 Å². The summed E-state index contributed by atoms with van der Waals surface area (Å²) in [7, 11) is 1.47. The maximum absolute atomic E-state index is 11.8. The smallest absolute Gasteiger partial charge is 0.412 e. The van der Waals surface area contributed by atoms with Gasteiger partial charge in [0.2, 0.25) is 0 Å². The summed E-state index contributed by atoms with van der Waals surface area (Å²) < 4.78 is 10.2. The molecule has 1 amide bonds. The van der Waals surface area contributed by atoms with Crippen LogP contribution in [0.3, 0.4) is 0 Å². The molecule has 5 heteroatoms. The molecule has 2 rings (SSSR count). The van der Waals surface area contributed by atoms with E-state index in [0.29, 0.717) is 17.0 Å². The number of methoxy groups -OCH3 is 1. The van der Waals surface area contributed by atoms with Gasteiger partial charge < -0.3 is 9.47 Å². The Hall–Kier alpha value is -3.00. The number of amides is 1. The van der Waals surface area contributed by atoms with Gasteiger partial charge in [-0.25, -0.2) is 4.79 Å². The Balaban J connectivity index is 2.05. The lowest BCUT2D eigenvalue weighted by Crippen LogP contribution is -2.15. The fourth-order valence-corrected chi connectivity index (χ4v) is 1.78. The third kappa shape index (κ3) is 3.74. The minimum absolute atomic E-state index is 0.156. The first-order valence-corrected chi connectivity index (χ1v) is 6.29. The van der Waals surface area contributed by atoms with E-state index in [9.17, 15) is 4.79 Å². The number of nitriles is 1. The third-order valence-corrected chi connectivity index (χ3v) is 2.81. The van der Waals surface area contributed by atoms with Gasteiger partial charge in [0, 0.05) is 0 Å². The van der Waals surface area contributed by atoms with E-state index in [-0.39, 0.29) is 6.61 Å². The topological polar surface area (TPSA) is 71.3 Å². The minimum atomic E-state index is -0.639. The second-order valence-corrected chi connectivity index (χ2v) is 4.18. The van der Waals surface area contributed by atoms with Gasteiger partial charge >= 0.3 is 6.09 Å². The number of hydrogen-bond acceptors (Lipinski definition) is 4. The lowest BCUT2D eigenvalue weighted by Gasteiger charge is -2.11. The standard InChI is InChI=1S/C16H14N2O3/c1-20-14-9-5-8-13(10-17)15(14)18-16(19)21-11-12-6-3-2-4-7-12/h2-9H,11H2,1H3,(H,18,19). The maximum atomic E-state index is 11.8. The molecule has 0 bridgehead atoms. The zero-order valence-electron chi connectivity index (χ0n) is 11.5. The van der Waals surface area contributed by atoms with Crippen LogP contribution in [0.2, 0.25) is 0 Å². The molecule has 0 aliphatic carbocycles. The fraction of sp³-hybridized carbons (Fsp3) is 0.125. The van der Waals surface area contributed by atoms with E-state index in [2.05, 4.69) is 5.32 Å². The van der Waals surface area contributed by atoms with Crippen LogP contribution >= 0.6 is 0 Å². The highest BCUT2D eigenvalue weighted by atomic mass is 16.5. The third-order valence-electron chi connectivity index (χ3n) is 2.81. The van der Waals surface area contributed by atoms with Crippen LogP contribution in [-0.2, 0) is 11.3 Å². The highest BCUT2D eigenvalue weighted by Crippen LogP contribution is 2.27. The van der Waals surface area contributed by atoms with Crippen molar-refractivity contribution >= 4 is 11.8 Å². The van der Waals surface area contributed by atoms with Gasteiger partial charge in [0.25, 0.3) is 0 Å². The molecule has 0 spiro atoms. The van der Waals surface area contributed by atoms with Crippen molar-refractivity contribution in [3.8, 4) is 11.8 Å². The van der Waals surface area contributed by atoms with Gasteiger partial charge in [0.1, 0.15) is 24.1 Å². The van der Waals surface area contributed by atoms with Gasteiger partial charge in [0.15, 0.2) is 0 Å². The summed E-state index contributed by atoms with van der Waals surface area (Å²) in [5.41, 5.74) is 1.50. The lowest BCUT2D eigenvalue weighted by molar-refractivity contribution is 0.155. The van der Waals surface area contributed by atoms with Gasteiger partial charge in [-0.2, -0.15) is 5.26 Å². The molecule has 0 aliphatic heterocycles. The first-order chi connectivity index (χ1) is 10.2. The van der Waals surface area contributed by atoms with E-state index in [1.807, 2.05) is 36.4 Å². The number of benzene rings is 2. The van der Waals surface area contributed by atoms with Crippen LogP contribution in [0.15, 0.2) is 48.5 Å². The Morgan fingerprint density at radius 2 is 1.95 bits per heavy atom. The van der Waals surface area contributed by atoms with E-state index in [0.717, 1.165) is 5.56 Å². The molecule has 0 radical (unpaired) electrons. The number of carbonyl (C=O) groups excluding carboxylic acids is 1. The number of ether oxygens (including phenoxy) is 2. The first kappa shape index (κ1) is 14.4. The van der Waals surface area contributed by atoms with E-state index >= 15 is 0 Å². The lowest BCUT2D eigenvalue weighted by atomic mass is 10.2. The molecule has 0 aliphatic rings. The van der Waals surface area contributed by atoms with Crippen molar-refractivity contribution in [1.82, 2.24) is 0 Å². The van der Waals surface area contributed by atoms with Crippen LogP contribution in [0.25, 0.3) is 0 Å². The quantitative estimate of drug-likeness (QED) is 0.933. The molecule has 21 heavy (non-hydrogen) atoms. The molecule has 1 N–H and O–H groups in total. The van der Waals surface area contributed by atoms with Crippen molar-refractivity contribution in [2.24, 2.45) is 0 Å². The van der Waals surface area contributed by atoms with E-state index in [1.165, 1.54) is 7.11 Å². The summed E-state index contributed by atoms with van der Waals surface area (Å²) >= 11 is 0. The second-order valence-electron chi connectivity index (χ2n) is 4.18. The van der Waals surface area contributed by atoms with Crippen molar-refractivity contribution < 1.29 is 14.3 Å². The molecule has 0 saturated carbocycles. The van der Waals surface area contributed by atoms with Gasteiger partial charge in [-0.1, -0.05) is 36.4 Å². The van der Waals surface area contributed by atoms with Crippen LogP contribution in [0.5, 0.6) is 5.75 Å². The Kier molecular flexibility index (Phi) is 4.78. The Morgan fingerprint density at radius 3 is 2.62 bits per heavy atom. The van der Waals surface area contributed by atoms with Crippen molar-refractivity contribution in [3.05, 3.63) is 59.7 Å². The zero-order chi connectivity index (χ0) is 15.1. The number of rotatable bonds is 4. The van der Waals surface area contributed by atoms with Gasteiger partial charge in [-0.15, -0.1) is 0 Å². The summed E-state index contributed by atoms with van der Waals surface area (Å²) in [4.78, 5) is 11.8. The molecule has 0 fully saturated rings. The molecule has 0 atom stereocenters. The van der Waals surface area contributed by atoms with Crippen molar-refractivity contribution in [1.29, 1.82) is 5.26 Å². The fourth-order valence-electron chi connectivity index (χ4n) is 1.78. The normalized spacial score (nSPS) is 9.52. The molecular weight excluding hydrogens is 268 g/mol. The van der Waals surface area contributed by atoms with Crippen LogP contribution in [0.1, 0.15) is 11.1 Å². The van der Waals surface area contributed by atoms with Crippen molar-refractivity contribution in [3.63, 3.8) is 0 Å². The Morgan fingerprint density at radius 1 is 1.19 bits per heavy atom. The average Bonchev–Trinajstić information content (AvgIpc) is 2.54. The first-order valence-electron chi connectivity index (χ1n) is 6.29. The predicted molar refractivity (Wildman–Crippen MR) is 78.0 cm³/mol. The summed E-state index contributed by atoms with van der Waals surface area (Å²) in [5, 5.41) is 11.6. The number of anilines is 1. The summed E-state index contributed by atoms with van der Waals surface area (Å²) in [6, 6.07) is 16.3. The van der Waals surface area contributed by atoms with E-state index < -0.39 is 6.09 Å². The molecule has 0 saturated heterocycles. The van der Waals surface area contributed by atoms with Gasteiger partial charge in [-0.3, -0.25) is 5.32 Å². The Labute approximate surface area is 122 Å². The molecule has 5 nitrogen and oxygen atoms in total. The van der Waals surface area contributed by atoms with E-state index in [4.69, 9.17) is 14.7 Å². The molecular formula is C16H14N2O3. The van der Waals surface area contributed by atoms with Crippen molar-refractivity contribution in [2.45, 2.75) is 6.61 Å². The summed E-state index contributed by atoms with van der Waals surface area (Å²) in [6.45, 7) is 0.156. The average molecular weight is 282 g/mol. The molecule has 0 heterocycles. The summed E-state index contributed by atoms with van der Waals surface area (Å²) in [6.07, 6.45) is -0.639. The maximum Gasteiger partial charge on any atom is 0.412 e. The molecule has 2 aromatic carbocycles. The molecule has 106 valence electrons. The number of carbonyl (C=O) groups is 1. The van der Waals surface area contributed by atoms with Gasteiger partial charge in [-0.05, 0) is 17.7 Å². The molecule has 0 unspecified atom stereocenters. The van der Waals surface area contributed by atoms with Crippen molar-refractivity contribution in [2.75, 3.05) is 12.4 Å². The van der Waals surface area contributed by atoms with Crippen LogP contribution in [0.4, 0.5) is 10.5 Å². The zero-order valence-corrected chi connectivity index (χ0v) is 11.5. The SMILES string of the molecule is COc1cccc(C#N)c1NC(=O)OCc1ccccc1. The predicted octanol–water partition coefficient (Wildman–Crippen LogP) is 3.32. The van der Waals surface area contributed by atoms with E-state index in [1.54, 1.807) is 18.2 Å². The Bertz CT molecular complexity index is 663. The monoisotopic (exact) mass is 282 g/mol. The highest BCUT2D eigenvalue weighted by Gasteiger charge is 2.13. The van der Waals surface area contributed by atoms with Crippen LogP contribution in [-0.4, -0.2) is 13.2 Å². The second kappa shape index (κ2) is 6.96.